The number of aromatic hydroxyl groups is 1. The molecule has 0 aliphatic rings. The van der Waals surface area contributed by atoms with Crippen LogP contribution in [0.5, 0.6) is 11.5 Å². The van der Waals surface area contributed by atoms with Gasteiger partial charge in [-0.2, -0.15) is 5.10 Å². The molecule has 0 fully saturated rings. The van der Waals surface area contributed by atoms with E-state index in [2.05, 4.69) is 21.2 Å². The second-order valence-corrected chi connectivity index (χ2v) is 6.95. The second-order valence-electron chi connectivity index (χ2n) is 6.95. The molecule has 33 heavy (non-hydrogen) atoms. The number of nitrogens with one attached hydrogen (secondary N) is 3. The zero-order chi connectivity index (χ0) is 23.8. The van der Waals surface area contributed by atoms with E-state index in [0.717, 1.165) is 5.56 Å². The molecule has 3 aromatic carbocycles. The summed E-state index contributed by atoms with van der Waals surface area (Å²) in [5.74, 6) is -2.10. The van der Waals surface area contributed by atoms with Crippen molar-refractivity contribution in [2.75, 3.05) is 17.7 Å². The third-order valence-electron chi connectivity index (χ3n) is 4.51. The highest BCUT2D eigenvalue weighted by Crippen LogP contribution is 2.21. The lowest BCUT2D eigenvalue weighted by atomic mass is 10.1. The Balaban J connectivity index is 1.65. The normalized spacial score (nSPS) is 10.5. The highest BCUT2D eigenvalue weighted by atomic mass is 16.5. The van der Waals surface area contributed by atoms with Crippen LogP contribution in [0.3, 0.4) is 0 Å². The molecule has 0 saturated carbocycles. The Morgan fingerprint density at radius 2 is 1.73 bits per heavy atom. The summed E-state index contributed by atoms with van der Waals surface area (Å²) < 4.78 is 5.06. The Labute approximate surface area is 190 Å². The minimum Gasteiger partial charge on any atom is -0.507 e. The Morgan fingerprint density at radius 3 is 2.48 bits per heavy atom. The number of ether oxygens (including phenoxy) is 1. The number of phenols is 1. The number of anilines is 2. The van der Waals surface area contributed by atoms with Crippen molar-refractivity contribution in [1.29, 1.82) is 0 Å². The molecule has 0 spiro atoms. The van der Waals surface area contributed by atoms with Gasteiger partial charge < -0.3 is 20.5 Å². The lowest BCUT2D eigenvalue weighted by molar-refractivity contribution is -0.136. The smallest absolute Gasteiger partial charge is 0.329 e. The number of aryl methyl sites for hydroxylation is 1. The van der Waals surface area contributed by atoms with E-state index in [0.29, 0.717) is 11.4 Å². The van der Waals surface area contributed by atoms with Gasteiger partial charge in [-0.3, -0.25) is 14.4 Å². The van der Waals surface area contributed by atoms with Crippen molar-refractivity contribution in [2.45, 2.75) is 6.92 Å². The highest BCUT2D eigenvalue weighted by Gasteiger charge is 2.18. The third kappa shape index (κ3) is 6.17. The van der Waals surface area contributed by atoms with Gasteiger partial charge in [-0.25, -0.2) is 5.43 Å². The molecule has 0 atom stereocenters. The number of phenolic OH excluding ortho intramolecular Hbond substituents is 1. The fourth-order valence-electron chi connectivity index (χ4n) is 2.86. The van der Waals surface area contributed by atoms with Gasteiger partial charge in [0.15, 0.2) is 0 Å². The van der Waals surface area contributed by atoms with Crippen LogP contribution in [0.4, 0.5) is 11.4 Å². The predicted molar refractivity (Wildman–Crippen MR) is 125 cm³/mol. The Morgan fingerprint density at radius 1 is 0.939 bits per heavy atom. The van der Waals surface area contributed by atoms with Gasteiger partial charge in [-0.1, -0.05) is 24.3 Å². The lowest BCUT2D eigenvalue weighted by Gasteiger charge is -2.11. The van der Waals surface area contributed by atoms with Crippen LogP contribution in [0.2, 0.25) is 0 Å². The van der Waals surface area contributed by atoms with Crippen LogP contribution >= 0.6 is 0 Å². The van der Waals surface area contributed by atoms with Gasteiger partial charge >= 0.3 is 11.8 Å². The standard InChI is InChI=1S/C24H22N4O5/c1-15-6-5-7-17(12-15)26-22(30)19-8-3-4-9-20(19)27-23(31)24(32)28-25-14-16-13-18(33-2)10-11-21(16)29/h3-14,29H,1-2H3,(H,26,30)(H,27,31)(H,28,32)/b25-14-. The predicted octanol–water partition coefficient (Wildman–Crippen LogP) is 3.05. The van der Waals surface area contributed by atoms with E-state index in [4.69, 9.17) is 4.74 Å². The minimum absolute atomic E-state index is 0.0770. The highest BCUT2D eigenvalue weighted by molar-refractivity contribution is 6.40. The topological polar surface area (TPSA) is 129 Å². The number of para-hydroxylation sites is 1. The fraction of sp³-hybridized carbons (Fsp3) is 0.0833. The first-order valence-electron chi connectivity index (χ1n) is 9.86. The van der Waals surface area contributed by atoms with Crippen molar-refractivity contribution in [2.24, 2.45) is 5.10 Å². The number of hydrogen-bond acceptors (Lipinski definition) is 6. The van der Waals surface area contributed by atoms with Gasteiger partial charge in [0.05, 0.1) is 24.6 Å². The van der Waals surface area contributed by atoms with E-state index in [9.17, 15) is 19.5 Å². The number of hydrazone groups is 1. The first kappa shape index (κ1) is 23.0. The molecule has 3 rings (SSSR count). The van der Waals surface area contributed by atoms with E-state index in [-0.39, 0.29) is 22.6 Å². The fourth-order valence-corrected chi connectivity index (χ4v) is 2.86. The molecule has 3 amide bonds. The SMILES string of the molecule is COc1ccc(O)c(/C=N\NC(=O)C(=O)Nc2ccccc2C(=O)Nc2cccc(C)c2)c1. The maximum absolute atomic E-state index is 12.7. The zero-order valence-corrected chi connectivity index (χ0v) is 18.0. The van der Waals surface area contributed by atoms with E-state index < -0.39 is 17.7 Å². The number of carbonyl (C=O) groups is 3. The second kappa shape index (κ2) is 10.6. The number of nitrogens with zero attached hydrogens (tertiary/aromatic N) is 1. The maximum Gasteiger partial charge on any atom is 0.329 e. The molecular weight excluding hydrogens is 424 g/mol. The van der Waals surface area contributed by atoms with Crippen LogP contribution in [0, 0.1) is 6.92 Å². The van der Waals surface area contributed by atoms with Crippen molar-refractivity contribution < 1.29 is 24.2 Å². The Kier molecular flexibility index (Phi) is 7.38. The van der Waals surface area contributed by atoms with Crippen LogP contribution < -0.4 is 20.8 Å². The summed E-state index contributed by atoms with van der Waals surface area (Å²) in [6.07, 6.45) is 1.17. The molecule has 0 heterocycles. The van der Waals surface area contributed by atoms with Crippen LogP contribution in [0.25, 0.3) is 0 Å². The lowest BCUT2D eigenvalue weighted by Crippen LogP contribution is -2.33. The average Bonchev–Trinajstić information content (AvgIpc) is 2.80. The number of benzene rings is 3. The molecular formula is C24H22N4O5. The molecule has 9 heteroatoms. The van der Waals surface area contributed by atoms with Gasteiger partial charge in [-0.15, -0.1) is 0 Å². The minimum atomic E-state index is -1.05. The molecule has 0 saturated heterocycles. The Hall–Kier alpha value is -4.66. The summed E-state index contributed by atoms with van der Waals surface area (Å²) in [6.45, 7) is 1.90. The number of carbonyl (C=O) groups excluding carboxylic acids is 3. The first-order chi connectivity index (χ1) is 15.9. The summed E-state index contributed by atoms with van der Waals surface area (Å²) in [5.41, 5.74) is 4.30. The molecule has 0 aliphatic carbocycles. The summed E-state index contributed by atoms with van der Waals surface area (Å²) in [7, 11) is 1.47. The largest absolute Gasteiger partial charge is 0.507 e. The molecule has 0 radical (unpaired) electrons. The van der Waals surface area contributed by atoms with E-state index in [1.807, 2.05) is 25.1 Å². The van der Waals surface area contributed by atoms with E-state index in [1.165, 1.54) is 37.6 Å². The molecule has 0 unspecified atom stereocenters. The van der Waals surface area contributed by atoms with Gasteiger partial charge in [0, 0.05) is 11.3 Å². The van der Waals surface area contributed by atoms with Crippen molar-refractivity contribution >= 4 is 35.3 Å². The average molecular weight is 446 g/mol. The third-order valence-corrected chi connectivity index (χ3v) is 4.51. The molecule has 9 nitrogen and oxygen atoms in total. The number of rotatable bonds is 6. The van der Waals surface area contributed by atoms with E-state index >= 15 is 0 Å². The van der Waals surface area contributed by atoms with Gasteiger partial charge in [0.2, 0.25) is 0 Å². The summed E-state index contributed by atoms with van der Waals surface area (Å²) in [5, 5.41) is 18.7. The first-order valence-corrected chi connectivity index (χ1v) is 9.86. The van der Waals surface area contributed by atoms with Crippen molar-refractivity contribution in [3.8, 4) is 11.5 Å². The van der Waals surface area contributed by atoms with Crippen molar-refractivity contribution in [1.82, 2.24) is 5.43 Å². The van der Waals surface area contributed by atoms with Crippen LogP contribution in [-0.4, -0.2) is 36.2 Å². The quantitative estimate of drug-likeness (QED) is 0.263. The van der Waals surface area contributed by atoms with Crippen LogP contribution in [-0.2, 0) is 9.59 Å². The molecule has 0 bridgehead atoms. The maximum atomic E-state index is 12.7. The van der Waals surface area contributed by atoms with Crippen molar-refractivity contribution in [3.63, 3.8) is 0 Å². The van der Waals surface area contributed by atoms with Crippen LogP contribution in [0.15, 0.2) is 71.8 Å². The van der Waals surface area contributed by atoms with Crippen molar-refractivity contribution in [3.05, 3.63) is 83.4 Å². The molecule has 0 aromatic heterocycles. The zero-order valence-electron chi connectivity index (χ0n) is 18.0. The summed E-state index contributed by atoms with van der Waals surface area (Å²) in [6, 6.07) is 18.1. The summed E-state index contributed by atoms with van der Waals surface area (Å²) >= 11 is 0. The molecule has 0 aliphatic heterocycles. The Bertz CT molecular complexity index is 1220. The monoisotopic (exact) mass is 446 g/mol. The van der Waals surface area contributed by atoms with Gasteiger partial charge in [0.1, 0.15) is 11.5 Å². The molecule has 4 N–H and O–H groups in total. The van der Waals surface area contributed by atoms with Gasteiger partial charge in [-0.05, 0) is 55.0 Å². The van der Waals surface area contributed by atoms with E-state index in [1.54, 1.807) is 24.3 Å². The number of amides is 3. The number of hydrogen-bond donors (Lipinski definition) is 4. The summed E-state index contributed by atoms with van der Waals surface area (Å²) in [4.78, 5) is 37.1. The number of methoxy groups -OCH3 is 1. The van der Waals surface area contributed by atoms with Crippen LogP contribution in [0.1, 0.15) is 21.5 Å². The molecule has 168 valence electrons. The van der Waals surface area contributed by atoms with Gasteiger partial charge in [0.25, 0.3) is 5.91 Å². The molecule has 3 aromatic rings.